The van der Waals surface area contributed by atoms with Crippen molar-refractivity contribution in [3.8, 4) is 11.5 Å². The fourth-order valence-electron chi connectivity index (χ4n) is 7.45. The van der Waals surface area contributed by atoms with Gasteiger partial charge in [0, 0.05) is 30.7 Å². The second-order valence-corrected chi connectivity index (χ2v) is 9.58. The van der Waals surface area contributed by atoms with E-state index in [-0.39, 0.29) is 22.5 Å². The Morgan fingerprint density at radius 1 is 1.27 bits per heavy atom. The Bertz CT molecular complexity index is 879. The molecule has 136 valence electrons. The van der Waals surface area contributed by atoms with Crippen molar-refractivity contribution in [3.63, 3.8) is 0 Å². The van der Waals surface area contributed by atoms with Gasteiger partial charge < -0.3 is 14.6 Å². The van der Waals surface area contributed by atoms with Crippen molar-refractivity contribution >= 4 is 5.78 Å². The number of benzene rings is 1. The van der Waals surface area contributed by atoms with Gasteiger partial charge in [-0.15, -0.1) is 0 Å². The van der Waals surface area contributed by atoms with E-state index in [4.69, 9.17) is 9.47 Å². The predicted molar refractivity (Wildman–Crippen MR) is 92.0 cm³/mol. The summed E-state index contributed by atoms with van der Waals surface area (Å²) in [6.07, 6.45) is 5.54. The second kappa shape index (κ2) is 4.12. The number of rotatable bonds is 2. The van der Waals surface area contributed by atoms with Crippen molar-refractivity contribution in [3.05, 3.63) is 23.3 Å². The predicted octanol–water partition coefficient (Wildman–Crippen LogP) is 2.04. The molecule has 2 saturated carbocycles. The Morgan fingerprint density at radius 3 is 3.00 bits per heavy atom. The molecule has 5 nitrogen and oxygen atoms in total. The van der Waals surface area contributed by atoms with Gasteiger partial charge in [0.1, 0.15) is 11.6 Å². The number of piperidine rings is 1. The van der Waals surface area contributed by atoms with E-state index in [0.29, 0.717) is 18.2 Å². The van der Waals surface area contributed by atoms with Crippen LogP contribution in [0.1, 0.15) is 43.2 Å². The standard InChI is InChI=1S/C21H23NO4/c23-14-4-3-13-9-16-21-6-5-15(24)19-20(21,17(13)18(14)26-19)7-8-22(16,11-25-21)10-12-1-2-12/h3-4,12,16,19H,1-2,5-11H2/p+1/t16-,19+,20+,21-,22?/m1/s1. The van der Waals surface area contributed by atoms with Crippen molar-refractivity contribution in [1.82, 2.24) is 0 Å². The molecule has 0 radical (unpaired) electrons. The first-order valence-corrected chi connectivity index (χ1v) is 10.1. The maximum Gasteiger partial charge on any atom is 0.184 e. The number of carbonyl (C=O) groups is 1. The molecule has 0 aromatic heterocycles. The lowest BCUT2D eigenvalue weighted by Gasteiger charge is -2.60. The molecule has 4 fully saturated rings. The van der Waals surface area contributed by atoms with Crippen LogP contribution >= 0.6 is 0 Å². The van der Waals surface area contributed by atoms with Crippen LogP contribution in [0.2, 0.25) is 0 Å². The molecule has 5 heteroatoms. The van der Waals surface area contributed by atoms with Crippen LogP contribution < -0.4 is 4.74 Å². The van der Waals surface area contributed by atoms with Crippen LogP contribution in [0.4, 0.5) is 0 Å². The van der Waals surface area contributed by atoms with E-state index in [0.717, 1.165) is 48.5 Å². The third-order valence-electron chi connectivity index (χ3n) is 8.61. The van der Waals surface area contributed by atoms with Crippen molar-refractivity contribution in [2.45, 2.75) is 61.7 Å². The Hall–Kier alpha value is -1.59. The molecule has 3 aliphatic heterocycles. The third kappa shape index (κ3) is 1.31. The zero-order valence-corrected chi connectivity index (χ0v) is 14.9. The van der Waals surface area contributed by atoms with Gasteiger partial charge in [0.2, 0.25) is 0 Å². The molecule has 2 saturated heterocycles. The van der Waals surface area contributed by atoms with Crippen LogP contribution in [-0.2, 0) is 21.4 Å². The average molecular weight is 354 g/mol. The van der Waals surface area contributed by atoms with E-state index in [1.54, 1.807) is 6.07 Å². The third-order valence-corrected chi connectivity index (χ3v) is 8.61. The Labute approximate surface area is 152 Å². The Kier molecular flexibility index (Phi) is 2.29. The highest BCUT2D eigenvalue weighted by Crippen LogP contribution is 2.69. The molecule has 7 rings (SSSR count). The van der Waals surface area contributed by atoms with Crippen molar-refractivity contribution in [1.29, 1.82) is 0 Å². The van der Waals surface area contributed by atoms with Gasteiger partial charge in [-0.2, -0.15) is 0 Å². The lowest BCUT2D eigenvalue weighted by atomic mass is 9.49. The summed E-state index contributed by atoms with van der Waals surface area (Å²) >= 11 is 0. The molecule has 26 heavy (non-hydrogen) atoms. The van der Waals surface area contributed by atoms with Crippen molar-refractivity contribution in [2.24, 2.45) is 5.92 Å². The van der Waals surface area contributed by atoms with Gasteiger partial charge in [-0.05, 0) is 30.9 Å². The van der Waals surface area contributed by atoms with E-state index < -0.39 is 6.10 Å². The Balaban J connectivity index is 1.51. The van der Waals surface area contributed by atoms with E-state index in [9.17, 15) is 9.90 Å². The molecule has 1 N–H and O–H groups in total. The molecular formula is C21H24NO4+. The van der Waals surface area contributed by atoms with Crippen LogP contribution in [-0.4, -0.2) is 52.9 Å². The SMILES string of the molecule is O=C1CC[C@]23OC[N+]4(CC5CC5)CC[C@@]25c2c(ccc(O)c2O[C@@H]15)C[C@H]34. The number of phenols is 1. The number of phenolic OH excluding ortho intramolecular Hbond substituents is 1. The summed E-state index contributed by atoms with van der Waals surface area (Å²) in [6.45, 7) is 3.10. The lowest BCUT2D eigenvalue weighted by Crippen LogP contribution is -2.77. The average Bonchev–Trinajstić information content (AvgIpc) is 3.32. The summed E-state index contributed by atoms with van der Waals surface area (Å²) in [7, 11) is 0. The fraction of sp³-hybridized carbons (Fsp3) is 0.667. The molecule has 6 aliphatic rings. The van der Waals surface area contributed by atoms with Crippen LogP contribution in [0.25, 0.3) is 0 Å². The quantitative estimate of drug-likeness (QED) is 0.826. The molecular weight excluding hydrogens is 330 g/mol. The van der Waals surface area contributed by atoms with Gasteiger partial charge in [0.05, 0.1) is 18.5 Å². The van der Waals surface area contributed by atoms with Crippen LogP contribution in [0, 0.1) is 5.92 Å². The van der Waals surface area contributed by atoms with Gasteiger partial charge in [0.15, 0.2) is 30.1 Å². The number of carbonyl (C=O) groups excluding carboxylic acids is 1. The molecule has 2 spiro atoms. The van der Waals surface area contributed by atoms with Crippen molar-refractivity contribution in [2.75, 3.05) is 19.8 Å². The summed E-state index contributed by atoms with van der Waals surface area (Å²) in [5.41, 5.74) is 1.72. The summed E-state index contributed by atoms with van der Waals surface area (Å²) < 4.78 is 14.1. The minimum absolute atomic E-state index is 0.177. The van der Waals surface area contributed by atoms with E-state index in [1.807, 2.05) is 0 Å². The maximum atomic E-state index is 12.9. The number of nitrogens with zero attached hydrogens (tertiary/aromatic N) is 1. The second-order valence-electron chi connectivity index (χ2n) is 9.58. The van der Waals surface area contributed by atoms with Crippen LogP contribution in [0.5, 0.6) is 11.5 Å². The summed E-state index contributed by atoms with van der Waals surface area (Å²) in [4.78, 5) is 12.9. The number of hydrogen-bond donors (Lipinski definition) is 1. The molecule has 3 heterocycles. The Morgan fingerprint density at radius 2 is 2.15 bits per heavy atom. The smallest absolute Gasteiger partial charge is 0.184 e. The summed E-state index contributed by atoms with van der Waals surface area (Å²) in [5, 5.41) is 10.5. The monoisotopic (exact) mass is 354 g/mol. The molecule has 0 amide bonds. The zero-order chi connectivity index (χ0) is 17.3. The number of hydrogen-bond acceptors (Lipinski definition) is 4. The molecule has 1 unspecified atom stereocenters. The zero-order valence-electron chi connectivity index (χ0n) is 14.9. The number of aromatic hydroxyl groups is 1. The first-order chi connectivity index (χ1) is 12.6. The number of ketones is 1. The molecule has 4 bridgehead atoms. The van der Waals surface area contributed by atoms with Gasteiger partial charge in [-0.3, -0.25) is 9.28 Å². The number of Topliss-reactive ketones (excluding diaryl/α,β-unsaturated/α-hetero) is 1. The van der Waals surface area contributed by atoms with E-state index in [1.165, 1.54) is 24.9 Å². The highest BCUT2D eigenvalue weighted by Gasteiger charge is 2.81. The van der Waals surface area contributed by atoms with Crippen molar-refractivity contribution < 1.29 is 23.9 Å². The number of quaternary nitrogens is 1. The van der Waals surface area contributed by atoms with E-state index in [2.05, 4.69) is 6.07 Å². The largest absolute Gasteiger partial charge is 0.504 e. The minimum Gasteiger partial charge on any atom is -0.504 e. The maximum absolute atomic E-state index is 12.9. The molecule has 1 aromatic rings. The van der Waals surface area contributed by atoms with Crippen LogP contribution in [0.3, 0.4) is 0 Å². The topological polar surface area (TPSA) is 55.8 Å². The minimum atomic E-state index is -0.470. The molecule has 1 aromatic carbocycles. The van der Waals surface area contributed by atoms with E-state index >= 15 is 0 Å². The van der Waals surface area contributed by atoms with Crippen LogP contribution in [0.15, 0.2) is 12.1 Å². The summed E-state index contributed by atoms with van der Waals surface area (Å²) in [6, 6.07) is 4.25. The normalized spacial score (nSPS) is 46.8. The van der Waals surface area contributed by atoms with Gasteiger partial charge in [-0.25, -0.2) is 0 Å². The highest BCUT2D eigenvalue weighted by atomic mass is 16.5. The molecule has 5 atom stereocenters. The lowest BCUT2D eigenvalue weighted by molar-refractivity contribution is -0.953. The van der Waals surface area contributed by atoms with Gasteiger partial charge in [-0.1, -0.05) is 6.07 Å². The fourth-order valence-corrected chi connectivity index (χ4v) is 7.45. The first-order valence-electron chi connectivity index (χ1n) is 10.1. The van der Waals surface area contributed by atoms with Gasteiger partial charge >= 0.3 is 0 Å². The number of ether oxygens (including phenoxy) is 2. The molecule has 3 aliphatic carbocycles. The van der Waals surface area contributed by atoms with Gasteiger partial charge in [0.25, 0.3) is 0 Å². The summed E-state index contributed by atoms with van der Waals surface area (Å²) in [5.74, 6) is 1.80. The highest BCUT2D eigenvalue weighted by molar-refractivity contribution is 5.90. The first kappa shape index (κ1) is 14.5.